The Labute approximate surface area is 237 Å². The van der Waals surface area contributed by atoms with Gasteiger partial charge >= 0.3 is 0 Å². The number of ether oxygens (including phenoxy) is 3. The molecule has 4 unspecified atom stereocenters. The van der Waals surface area contributed by atoms with Gasteiger partial charge in [-0.2, -0.15) is 0 Å². The van der Waals surface area contributed by atoms with E-state index in [0.717, 1.165) is 12.8 Å². The van der Waals surface area contributed by atoms with Crippen molar-refractivity contribution in [3.8, 4) is 11.5 Å². The van der Waals surface area contributed by atoms with Gasteiger partial charge in [-0.15, -0.1) is 0 Å². The van der Waals surface area contributed by atoms with Crippen molar-refractivity contribution in [1.82, 2.24) is 10.2 Å². The van der Waals surface area contributed by atoms with Crippen LogP contribution in [0.4, 0.5) is 0 Å². The first-order valence-electron chi connectivity index (χ1n) is 13.0. The quantitative estimate of drug-likeness (QED) is 0.252. The molecule has 0 bridgehead atoms. The van der Waals surface area contributed by atoms with Crippen molar-refractivity contribution >= 4 is 34.4 Å². The third-order valence-electron chi connectivity index (χ3n) is 6.67. The highest BCUT2D eigenvalue weighted by Gasteiger charge is 2.42. The highest BCUT2D eigenvalue weighted by Crippen LogP contribution is 2.37. The molecule has 0 aromatic heterocycles. The number of nitrogens with one attached hydrogen (secondary N) is 1. The molecule has 3 rings (SSSR count). The molecule has 1 aliphatic carbocycles. The Morgan fingerprint density at radius 3 is 2.66 bits per heavy atom. The Morgan fingerprint density at radius 1 is 1.29 bits per heavy atom. The molecule has 2 amide bonds. The van der Waals surface area contributed by atoms with Gasteiger partial charge in [0.25, 0.3) is 0 Å². The van der Waals surface area contributed by atoms with Crippen molar-refractivity contribution < 1.29 is 39.1 Å². The molecule has 0 spiro atoms. The molecule has 38 heavy (non-hydrogen) atoms. The molecule has 1 heterocycles. The van der Waals surface area contributed by atoms with Crippen LogP contribution in [0, 0.1) is 9.49 Å². The van der Waals surface area contributed by atoms with Gasteiger partial charge in [0.05, 0.1) is 36.0 Å². The molecule has 0 saturated carbocycles. The number of aliphatic hydroxyl groups excluding tert-OH is 3. The first kappa shape index (κ1) is 30.6. The summed E-state index contributed by atoms with van der Waals surface area (Å²) in [5.74, 6) is 0.341. The van der Waals surface area contributed by atoms with E-state index in [2.05, 4.69) is 27.9 Å². The summed E-state index contributed by atoms with van der Waals surface area (Å²) in [7, 11) is 1.48. The number of benzene rings is 1. The number of hydrogen-bond acceptors (Lipinski definition) is 8. The van der Waals surface area contributed by atoms with E-state index >= 15 is 0 Å². The van der Waals surface area contributed by atoms with Gasteiger partial charge in [-0.3, -0.25) is 9.59 Å². The molecular formula is C27H39IN2O8. The Morgan fingerprint density at radius 2 is 2.05 bits per heavy atom. The zero-order valence-electron chi connectivity index (χ0n) is 22.2. The molecule has 4 atom stereocenters. The lowest BCUT2D eigenvalue weighted by Gasteiger charge is -2.41. The van der Waals surface area contributed by atoms with Gasteiger partial charge in [0.15, 0.2) is 11.5 Å². The monoisotopic (exact) mass is 646 g/mol. The molecule has 4 N–H and O–H groups in total. The third-order valence-corrected chi connectivity index (χ3v) is 7.47. The van der Waals surface area contributed by atoms with Crippen molar-refractivity contribution in [3.05, 3.63) is 32.9 Å². The summed E-state index contributed by atoms with van der Waals surface area (Å²) in [5.41, 5.74) is 0.997. The average molecular weight is 647 g/mol. The van der Waals surface area contributed by atoms with Crippen LogP contribution in [0.25, 0.3) is 0 Å². The molecule has 11 heteroatoms. The second kappa shape index (κ2) is 14.5. The van der Waals surface area contributed by atoms with E-state index in [1.54, 1.807) is 23.1 Å². The molecular weight excluding hydrogens is 607 g/mol. The van der Waals surface area contributed by atoms with Gasteiger partial charge in [0.2, 0.25) is 11.8 Å². The van der Waals surface area contributed by atoms with Gasteiger partial charge in [0, 0.05) is 38.1 Å². The summed E-state index contributed by atoms with van der Waals surface area (Å²) >= 11 is 2.07. The Hall–Kier alpha value is -1.93. The van der Waals surface area contributed by atoms with Crippen LogP contribution < -0.4 is 14.8 Å². The molecule has 1 aromatic rings. The molecule has 1 fully saturated rings. The summed E-state index contributed by atoms with van der Waals surface area (Å²) in [6.45, 7) is 4.56. The van der Waals surface area contributed by atoms with E-state index in [4.69, 9.17) is 14.2 Å². The summed E-state index contributed by atoms with van der Waals surface area (Å²) in [6.07, 6.45) is 1.48. The Balaban J connectivity index is 1.99. The third kappa shape index (κ3) is 7.81. The highest BCUT2D eigenvalue weighted by atomic mass is 127. The van der Waals surface area contributed by atoms with E-state index in [1.165, 1.54) is 7.11 Å². The van der Waals surface area contributed by atoms with Crippen LogP contribution in [0.2, 0.25) is 0 Å². The van der Waals surface area contributed by atoms with Crippen molar-refractivity contribution in [2.75, 3.05) is 33.4 Å². The number of nitrogens with zero attached hydrogens (tertiary/aromatic N) is 1. The number of aliphatic hydroxyl groups is 3. The van der Waals surface area contributed by atoms with Crippen LogP contribution in [0.1, 0.15) is 45.1 Å². The van der Waals surface area contributed by atoms with E-state index in [-0.39, 0.29) is 44.1 Å². The lowest BCUT2D eigenvalue weighted by Crippen LogP contribution is -2.56. The van der Waals surface area contributed by atoms with Crippen molar-refractivity contribution in [2.24, 2.45) is 5.92 Å². The molecule has 10 nitrogen and oxygen atoms in total. The standard InChI is InChI=1S/C27H39IN2O8/c1-16(2)9-24(33)30(14-19-5-4-8-37-19)21-12-18(27(35)29-6-7-31)13-22(25(21)34)38-26-20(28)10-17(15-32)11-23(26)36-3/h10-11,13,16,19,21-22,25,31-32,34H,4-9,12,14-15H2,1-3H3,(H,29,35). The predicted molar refractivity (Wildman–Crippen MR) is 149 cm³/mol. The number of carbonyl (C=O) groups excluding carboxylic acids is 2. The van der Waals surface area contributed by atoms with Crippen LogP contribution in [-0.4, -0.2) is 89.8 Å². The summed E-state index contributed by atoms with van der Waals surface area (Å²) in [6, 6.07) is 2.67. The summed E-state index contributed by atoms with van der Waals surface area (Å²) in [5, 5.41) is 33.0. The predicted octanol–water partition coefficient (Wildman–Crippen LogP) is 1.76. The fourth-order valence-corrected chi connectivity index (χ4v) is 5.58. The van der Waals surface area contributed by atoms with Crippen LogP contribution in [0.5, 0.6) is 11.5 Å². The second-order valence-electron chi connectivity index (χ2n) is 10.1. The smallest absolute Gasteiger partial charge is 0.247 e. The minimum Gasteiger partial charge on any atom is -0.493 e. The van der Waals surface area contributed by atoms with Gasteiger partial charge < -0.3 is 39.7 Å². The topological polar surface area (TPSA) is 138 Å². The average Bonchev–Trinajstić information content (AvgIpc) is 3.40. The molecule has 1 aliphatic heterocycles. The van der Waals surface area contributed by atoms with Gasteiger partial charge in [-0.05, 0) is 65.1 Å². The number of hydrogen-bond donors (Lipinski definition) is 4. The summed E-state index contributed by atoms with van der Waals surface area (Å²) < 4.78 is 18.2. The van der Waals surface area contributed by atoms with Crippen LogP contribution in [-0.2, 0) is 20.9 Å². The largest absolute Gasteiger partial charge is 0.493 e. The Kier molecular flexibility index (Phi) is 11.6. The lowest BCUT2D eigenvalue weighted by atomic mass is 9.87. The molecule has 212 valence electrons. The van der Waals surface area contributed by atoms with Gasteiger partial charge in [-0.25, -0.2) is 0 Å². The number of rotatable bonds is 12. The number of carbonyl (C=O) groups is 2. The van der Waals surface area contributed by atoms with Gasteiger partial charge in [-0.1, -0.05) is 13.8 Å². The highest BCUT2D eigenvalue weighted by molar-refractivity contribution is 14.1. The van der Waals surface area contributed by atoms with Crippen LogP contribution in [0.3, 0.4) is 0 Å². The molecule has 0 radical (unpaired) electrons. The normalized spacial score (nSPS) is 23.2. The first-order valence-corrected chi connectivity index (χ1v) is 14.1. The molecule has 1 aromatic carbocycles. The SMILES string of the molecule is COc1cc(CO)cc(I)c1OC1C=C(C(=O)NCCO)CC(N(CC2CCCO2)C(=O)CC(C)C)C1O. The zero-order valence-corrected chi connectivity index (χ0v) is 24.3. The van der Waals surface area contributed by atoms with Gasteiger partial charge in [0.1, 0.15) is 12.2 Å². The number of methoxy groups -OCH3 is 1. The van der Waals surface area contributed by atoms with E-state index < -0.39 is 24.2 Å². The maximum absolute atomic E-state index is 13.4. The van der Waals surface area contributed by atoms with Crippen molar-refractivity contribution in [3.63, 3.8) is 0 Å². The summed E-state index contributed by atoms with van der Waals surface area (Å²) in [4.78, 5) is 28.1. The van der Waals surface area contributed by atoms with E-state index in [0.29, 0.717) is 45.8 Å². The number of amides is 2. The molecule has 2 aliphatic rings. The van der Waals surface area contributed by atoms with Crippen LogP contribution >= 0.6 is 22.6 Å². The maximum Gasteiger partial charge on any atom is 0.247 e. The molecule has 1 saturated heterocycles. The Bertz CT molecular complexity index is 996. The minimum absolute atomic E-state index is 0.0785. The second-order valence-corrected chi connectivity index (χ2v) is 11.2. The first-order chi connectivity index (χ1) is 18.2. The number of halogens is 1. The zero-order chi connectivity index (χ0) is 27.8. The van der Waals surface area contributed by atoms with Crippen molar-refractivity contribution in [2.45, 2.75) is 70.5 Å². The van der Waals surface area contributed by atoms with E-state index in [9.17, 15) is 24.9 Å². The van der Waals surface area contributed by atoms with Crippen LogP contribution in [0.15, 0.2) is 23.8 Å². The van der Waals surface area contributed by atoms with E-state index in [1.807, 2.05) is 13.8 Å². The fraction of sp³-hybridized carbons (Fsp3) is 0.630. The van der Waals surface area contributed by atoms with Crippen molar-refractivity contribution in [1.29, 1.82) is 0 Å². The fourth-order valence-electron chi connectivity index (χ4n) is 4.79. The lowest BCUT2D eigenvalue weighted by molar-refractivity contribution is -0.141. The maximum atomic E-state index is 13.4. The minimum atomic E-state index is -1.14.